The maximum Gasteiger partial charge on any atom is 0.182 e. The zero-order chi connectivity index (χ0) is 9.97. The first-order valence-corrected chi connectivity index (χ1v) is 5.22. The van der Waals surface area contributed by atoms with E-state index >= 15 is 0 Å². The molecule has 2 nitrogen and oxygen atoms in total. The molecule has 0 spiro atoms. The van der Waals surface area contributed by atoms with Crippen LogP contribution in [0.25, 0.3) is 0 Å². The van der Waals surface area contributed by atoms with Crippen LogP contribution in [0.5, 0.6) is 0 Å². The van der Waals surface area contributed by atoms with Gasteiger partial charge < -0.3 is 4.42 Å². The van der Waals surface area contributed by atoms with Gasteiger partial charge in [-0.15, -0.1) is 0 Å². The van der Waals surface area contributed by atoms with Gasteiger partial charge in [-0.3, -0.25) is 0 Å². The molecule has 2 aromatic rings. The molecule has 1 aromatic carbocycles. The molecule has 0 bridgehead atoms. The second-order valence-electron chi connectivity index (χ2n) is 3.13. The third kappa shape index (κ3) is 1.99. The summed E-state index contributed by atoms with van der Waals surface area (Å²) in [6, 6.07) is 8.37. The van der Waals surface area contributed by atoms with Gasteiger partial charge in [0.1, 0.15) is 10.8 Å². The zero-order valence-corrected chi connectivity index (χ0v) is 8.97. The predicted molar refractivity (Wildman–Crippen MR) is 56.5 cm³/mol. The van der Waals surface area contributed by atoms with Gasteiger partial charge in [0.15, 0.2) is 6.39 Å². The van der Waals surface area contributed by atoms with Crippen LogP contribution >= 0.6 is 11.8 Å². The zero-order valence-electron chi connectivity index (χ0n) is 8.15. The largest absolute Gasteiger partial charge is 0.448 e. The van der Waals surface area contributed by atoms with Crippen molar-refractivity contribution in [2.24, 2.45) is 0 Å². The average Bonchev–Trinajstić information content (AvgIpc) is 2.56. The second-order valence-corrected chi connectivity index (χ2v) is 4.19. The Bertz CT molecular complexity index is 419. The third-order valence-electron chi connectivity index (χ3n) is 1.94. The number of rotatable bonds is 2. The topological polar surface area (TPSA) is 26.0 Å². The van der Waals surface area contributed by atoms with Crippen LogP contribution in [0.3, 0.4) is 0 Å². The molecule has 72 valence electrons. The highest BCUT2D eigenvalue weighted by atomic mass is 32.2. The van der Waals surface area contributed by atoms with E-state index in [1.54, 1.807) is 11.8 Å². The van der Waals surface area contributed by atoms with Crippen LogP contribution in [0.1, 0.15) is 11.3 Å². The number of aryl methyl sites for hydroxylation is 2. The van der Waals surface area contributed by atoms with Crippen molar-refractivity contribution in [1.82, 2.24) is 4.98 Å². The van der Waals surface area contributed by atoms with Crippen molar-refractivity contribution in [3.63, 3.8) is 0 Å². The van der Waals surface area contributed by atoms with Crippen molar-refractivity contribution in [3.8, 4) is 0 Å². The molecular formula is C11H11NOS. The SMILES string of the molecule is Cc1ccc(Sc2ncoc2C)cc1. The Morgan fingerprint density at radius 3 is 2.43 bits per heavy atom. The van der Waals surface area contributed by atoms with Crippen molar-refractivity contribution in [2.45, 2.75) is 23.8 Å². The summed E-state index contributed by atoms with van der Waals surface area (Å²) in [6.07, 6.45) is 1.48. The van der Waals surface area contributed by atoms with E-state index < -0.39 is 0 Å². The minimum atomic E-state index is 0.871. The van der Waals surface area contributed by atoms with Crippen molar-refractivity contribution >= 4 is 11.8 Å². The molecule has 0 unspecified atom stereocenters. The fraction of sp³-hybridized carbons (Fsp3) is 0.182. The maximum absolute atomic E-state index is 5.13. The molecule has 3 heteroatoms. The van der Waals surface area contributed by atoms with Crippen LogP contribution in [0.15, 0.2) is 45.0 Å². The Morgan fingerprint density at radius 1 is 1.14 bits per heavy atom. The van der Waals surface area contributed by atoms with E-state index in [-0.39, 0.29) is 0 Å². The normalized spacial score (nSPS) is 10.4. The first-order valence-electron chi connectivity index (χ1n) is 4.40. The molecule has 0 N–H and O–H groups in total. The van der Waals surface area contributed by atoms with Crippen LogP contribution in [-0.4, -0.2) is 4.98 Å². The van der Waals surface area contributed by atoms with Gasteiger partial charge in [-0.1, -0.05) is 29.5 Å². The van der Waals surface area contributed by atoms with E-state index in [4.69, 9.17) is 4.42 Å². The summed E-state index contributed by atoms with van der Waals surface area (Å²) in [7, 11) is 0. The fourth-order valence-electron chi connectivity index (χ4n) is 1.11. The van der Waals surface area contributed by atoms with Gasteiger partial charge in [0.05, 0.1) is 0 Å². The number of nitrogens with zero attached hydrogens (tertiary/aromatic N) is 1. The highest BCUT2D eigenvalue weighted by Crippen LogP contribution is 2.28. The standard InChI is InChI=1S/C11H11NOS/c1-8-3-5-10(6-4-8)14-11-9(2)13-7-12-11/h3-7H,1-2H3. The summed E-state index contributed by atoms with van der Waals surface area (Å²) in [4.78, 5) is 5.32. The molecule has 0 amide bonds. The van der Waals surface area contributed by atoms with Gasteiger partial charge in [-0.25, -0.2) is 4.98 Å². The summed E-state index contributed by atoms with van der Waals surface area (Å²) >= 11 is 1.62. The summed E-state index contributed by atoms with van der Waals surface area (Å²) in [5.74, 6) is 0.871. The van der Waals surface area contributed by atoms with Crippen LogP contribution < -0.4 is 0 Å². The third-order valence-corrected chi connectivity index (χ3v) is 3.03. The van der Waals surface area contributed by atoms with Crippen molar-refractivity contribution < 1.29 is 4.42 Å². The Kier molecular flexibility index (Phi) is 2.59. The molecule has 0 aliphatic rings. The second kappa shape index (κ2) is 3.88. The molecule has 0 atom stereocenters. The molecule has 14 heavy (non-hydrogen) atoms. The van der Waals surface area contributed by atoms with E-state index in [1.807, 2.05) is 6.92 Å². The molecule has 1 heterocycles. The lowest BCUT2D eigenvalue weighted by Gasteiger charge is -1.98. The first kappa shape index (κ1) is 9.34. The Morgan fingerprint density at radius 2 is 1.86 bits per heavy atom. The van der Waals surface area contributed by atoms with Gasteiger partial charge in [-0.2, -0.15) is 0 Å². The Labute approximate surface area is 87.4 Å². The lowest BCUT2D eigenvalue weighted by atomic mass is 10.2. The van der Waals surface area contributed by atoms with Crippen LogP contribution in [-0.2, 0) is 0 Å². The summed E-state index contributed by atoms with van der Waals surface area (Å²) in [6.45, 7) is 4.00. The number of aromatic nitrogens is 1. The van der Waals surface area contributed by atoms with Crippen molar-refractivity contribution in [3.05, 3.63) is 42.0 Å². The minimum Gasteiger partial charge on any atom is -0.448 e. The van der Waals surface area contributed by atoms with E-state index in [0.29, 0.717) is 0 Å². The molecule has 0 aliphatic carbocycles. The number of hydrogen-bond donors (Lipinski definition) is 0. The van der Waals surface area contributed by atoms with Crippen LogP contribution in [0.4, 0.5) is 0 Å². The molecule has 0 saturated heterocycles. The quantitative estimate of drug-likeness (QED) is 0.751. The highest BCUT2D eigenvalue weighted by molar-refractivity contribution is 7.99. The lowest BCUT2D eigenvalue weighted by molar-refractivity contribution is 0.522. The van der Waals surface area contributed by atoms with Gasteiger partial charge in [0.2, 0.25) is 0 Å². The van der Waals surface area contributed by atoms with Gasteiger partial charge in [-0.05, 0) is 26.0 Å². The van der Waals surface area contributed by atoms with Crippen molar-refractivity contribution in [1.29, 1.82) is 0 Å². The van der Waals surface area contributed by atoms with Gasteiger partial charge in [0.25, 0.3) is 0 Å². The number of benzene rings is 1. The molecule has 0 fully saturated rings. The molecule has 1 aromatic heterocycles. The van der Waals surface area contributed by atoms with E-state index in [9.17, 15) is 0 Å². The lowest BCUT2D eigenvalue weighted by Crippen LogP contribution is -1.76. The Balaban J connectivity index is 2.19. The summed E-state index contributed by atoms with van der Waals surface area (Å²) < 4.78 is 5.13. The molecule has 0 saturated carbocycles. The summed E-state index contributed by atoms with van der Waals surface area (Å²) in [5.41, 5.74) is 1.27. The molecule has 0 radical (unpaired) electrons. The minimum absolute atomic E-state index is 0.871. The molecular weight excluding hydrogens is 194 g/mol. The monoisotopic (exact) mass is 205 g/mol. The van der Waals surface area contributed by atoms with Crippen molar-refractivity contribution in [2.75, 3.05) is 0 Å². The smallest absolute Gasteiger partial charge is 0.182 e. The van der Waals surface area contributed by atoms with E-state index in [0.717, 1.165) is 10.8 Å². The first-order chi connectivity index (χ1) is 6.75. The number of oxazole rings is 1. The van der Waals surface area contributed by atoms with Crippen LogP contribution in [0.2, 0.25) is 0 Å². The molecule has 2 rings (SSSR count). The van der Waals surface area contributed by atoms with Crippen LogP contribution in [0, 0.1) is 13.8 Å². The van der Waals surface area contributed by atoms with Gasteiger partial charge >= 0.3 is 0 Å². The summed E-state index contributed by atoms with van der Waals surface area (Å²) in [5, 5.41) is 0.939. The van der Waals surface area contributed by atoms with E-state index in [1.165, 1.54) is 16.9 Å². The van der Waals surface area contributed by atoms with Gasteiger partial charge in [0, 0.05) is 4.90 Å². The Hall–Kier alpha value is -1.22. The van der Waals surface area contributed by atoms with E-state index in [2.05, 4.69) is 36.2 Å². The average molecular weight is 205 g/mol. The highest BCUT2D eigenvalue weighted by Gasteiger charge is 2.04. The fourth-order valence-corrected chi connectivity index (χ4v) is 1.89. The number of hydrogen-bond acceptors (Lipinski definition) is 3. The molecule has 0 aliphatic heterocycles. The maximum atomic E-state index is 5.13. The predicted octanol–water partition coefficient (Wildman–Crippen LogP) is 3.44.